The number of aryl methyl sites for hydroxylation is 1. The van der Waals surface area contributed by atoms with Crippen LogP contribution in [0, 0.1) is 6.92 Å². The van der Waals surface area contributed by atoms with E-state index in [1.807, 2.05) is 0 Å². The molecule has 0 saturated carbocycles. The number of fused-ring (bicyclic) bond motifs is 1. The highest BCUT2D eigenvalue weighted by atomic mass is 16.5. The molecule has 138 valence electrons. The fourth-order valence-electron chi connectivity index (χ4n) is 2.52. The summed E-state index contributed by atoms with van der Waals surface area (Å²) < 4.78 is 10.5. The lowest BCUT2D eigenvalue weighted by molar-refractivity contribution is -0.268. The van der Waals surface area contributed by atoms with Crippen LogP contribution in [-0.4, -0.2) is 23.6 Å². The first-order valence-corrected chi connectivity index (χ1v) is 7.85. The molecule has 1 heterocycles. The molecule has 8 nitrogen and oxygen atoms in total. The van der Waals surface area contributed by atoms with Crippen LogP contribution in [0.5, 0.6) is 11.5 Å². The highest BCUT2D eigenvalue weighted by molar-refractivity contribution is 5.96. The molecule has 0 unspecified atom stereocenters. The number of anilines is 1. The van der Waals surface area contributed by atoms with Crippen molar-refractivity contribution in [3.05, 3.63) is 64.0 Å². The number of aromatic carboxylic acids is 1. The van der Waals surface area contributed by atoms with Gasteiger partial charge >= 0.3 is 11.6 Å². The number of carboxylic acid groups (broad SMARTS) is 1. The van der Waals surface area contributed by atoms with Crippen molar-refractivity contribution in [2.75, 3.05) is 11.9 Å². The van der Waals surface area contributed by atoms with Crippen LogP contribution in [-0.2, 0) is 4.79 Å². The summed E-state index contributed by atoms with van der Waals surface area (Å²) in [5.74, 6) is -2.24. The van der Waals surface area contributed by atoms with E-state index in [2.05, 4.69) is 5.32 Å². The molecule has 3 aromatic rings. The van der Waals surface area contributed by atoms with Crippen molar-refractivity contribution in [3.8, 4) is 11.5 Å². The summed E-state index contributed by atoms with van der Waals surface area (Å²) in [7, 11) is 0. The van der Waals surface area contributed by atoms with E-state index < -0.39 is 28.8 Å². The van der Waals surface area contributed by atoms with Crippen LogP contribution >= 0.6 is 0 Å². The maximum atomic E-state index is 12.0. The van der Waals surface area contributed by atoms with Crippen molar-refractivity contribution in [1.82, 2.24) is 0 Å². The van der Waals surface area contributed by atoms with E-state index in [9.17, 15) is 19.5 Å². The smallest absolute Gasteiger partial charge is 0.336 e. The van der Waals surface area contributed by atoms with Crippen LogP contribution in [0.1, 0.15) is 15.9 Å². The maximum Gasteiger partial charge on any atom is 0.336 e. The van der Waals surface area contributed by atoms with Crippen molar-refractivity contribution >= 4 is 28.5 Å². The van der Waals surface area contributed by atoms with E-state index >= 15 is 0 Å². The number of ether oxygens (including phenoxy) is 1. The van der Waals surface area contributed by atoms with Gasteiger partial charge in [0.25, 0.3) is 5.91 Å². The fourth-order valence-corrected chi connectivity index (χ4v) is 2.52. The zero-order valence-electron chi connectivity index (χ0n) is 14.1. The molecule has 0 fully saturated rings. The van der Waals surface area contributed by atoms with Gasteiger partial charge in [-0.3, -0.25) is 4.79 Å². The minimum Gasteiger partial charge on any atom is -0.872 e. The molecule has 8 heteroatoms. The second kappa shape index (κ2) is 7.20. The standard InChI is InChI=1S/C19H15NO7/c1-10-6-18(23)27-16-8-12(3-4-13(10)16)26-9-17(22)20-11-2-5-15(21)14(7-11)19(24)25/h2-8,21H,9H2,1H3,(H,20,22)(H,24,25)/p-1. The van der Waals surface area contributed by atoms with Crippen LogP contribution in [0.25, 0.3) is 11.0 Å². The third-order valence-electron chi connectivity index (χ3n) is 3.79. The van der Waals surface area contributed by atoms with E-state index in [4.69, 9.17) is 14.3 Å². The second-order valence-corrected chi connectivity index (χ2v) is 5.76. The molecule has 0 aliphatic carbocycles. The van der Waals surface area contributed by atoms with Gasteiger partial charge in [0.1, 0.15) is 11.3 Å². The molecule has 27 heavy (non-hydrogen) atoms. The number of amides is 1. The predicted octanol–water partition coefficient (Wildman–Crippen LogP) is 1.89. The first kappa shape index (κ1) is 18.0. The number of nitrogens with one attached hydrogen (secondary N) is 1. The molecule has 0 atom stereocenters. The first-order chi connectivity index (χ1) is 12.8. The number of hydrogen-bond acceptors (Lipinski definition) is 6. The van der Waals surface area contributed by atoms with Crippen LogP contribution in [0.2, 0.25) is 0 Å². The summed E-state index contributed by atoms with van der Waals surface area (Å²) in [4.78, 5) is 34.4. The lowest BCUT2D eigenvalue weighted by Gasteiger charge is -2.13. The number of hydrogen-bond donors (Lipinski definition) is 2. The second-order valence-electron chi connectivity index (χ2n) is 5.76. The molecule has 0 aliphatic heterocycles. The Bertz CT molecular complexity index is 1100. The lowest BCUT2D eigenvalue weighted by atomic mass is 10.1. The molecule has 1 amide bonds. The summed E-state index contributed by atoms with van der Waals surface area (Å²) in [6.45, 7) is 1.43. The molecule has 0 bridgehead atoms. The number of carbonyl (C=O) groups excluding carboxylic acids is 1. The number of carbonyl (C=O) groups is 2. The van der Waals surface area contributed by atoms with Gasteiger partial charge in [-0.1, -0.05) is 11.8 Å². The molecule has 0 aliphatic rings. The molecule has 0 radical (unpaired) electrons. The van der Waals surface area contributed by atoms with Gasteiger partial charge in [0, 0.05) is 23.2 Å². The Labute approximate surface area is 152 Å². The van der Waals surface area contributed by atoms with Crippen LogP contribution in [0.15, 0.2) is 51.7 Å². The topological polar surface area (TPSA) is 129 Å². The van der Waals surface area contributed by atoms with E-state index in [-0.39, 0.29) is 12.3 Å². The Balaban J connectivity index is 1.69. The molecule has 0 spiro atoms. The third kappa shape index (κ3) is 4.06. The van der Waals surface area contributed by atoms with Crippen LogP contribution in [0.3, 0.4) is 0 Å². The Morgan fingerprint density at radius 2 is 1.96 bits per heavy atom. The summed E-state index contributed by atoms with van der Waals surface area (Å²) in [5.41, 5.74) is 0.358. The Morgan fingerprint density at radius 1 is 1.19 bits per heavy atom. The van der Waals surface area contributed by atoms with Crippen molar-refractivity contribution in [3.63, 3.8) is 0 Å². The van der Waals surface area contributed by atoms with E-state index in [1.165, 1.54) is 18.2 Å². The fraction of sp³-hybridized carbons (Fsp3) is 0.105. The number of carboxylic acids is 1. The molecule has 0 saturated heterocycles. The van der Waals surface area contributed by atoms with Gasteiger partial charge in [-0.15, -0.1) is 0 Å². The Morgan fingerprint density at radius 3 is 2.70 bits per heavy atom. The zero-order valence-corrected chi connectivity index (χ0v) is 14.1. The highest BCUT2D eigenvalue weighted by Crippen LogP contribution is 2.22. The largest absolute Gasteiger partial charge is 0.872 e. The molecule has 3 rings (SSSR count). The van der Waals surface area contributed by atoms with Crippen LogP contribution in [0.4, 0.5) is 5.69 Å². The Hall–Kier alpha value is -3.81. The molecule has 2 aromatic carbocycles. The van der Waals surface area contributed by atoms with Gasteiger partial charge in [-0.25, -0.2) is 9.59 Å². The normalized spacial score (nSPS) is 10.6. The summed E-state index contributed by atoms with van der Waals surface area (Å²) in [5, 5.41) is 23.6. The average Bonchev–Trinajstić information content (AvgIpc) is 2.61. The zero-order chi connectivity index (χ0) is 19.6. The van der Waals surface area contributed by atoms with Crippen LogP contribution < -0.4 is 20.8 Å². The number of benzene rings is 2. The van der Waals surface area contributed by atoms with E-state index in [1.54, 1.807) is 19.1 Å². The number of rotatable bonds is 5. The van der Waals surface area contributed by atoms with Crippen molar-refractivity contribution < 1.29 is 29.0 Å². The van der Waals surface area contributed by atoms with Gasteiger partial charge in [-0.05, 0) is 36.8 Å². The van der Waals surface area contributed by atoms with Crippen molar-refractivity contribution in [1.29, 1.82) is 0 Å². The highest BCUT2D eigenvalue weighted by Gasteiger charge is 2.09. The minimum atomic E-state index is -1.37. The summed E-state index contributed by atoms with van der Waals surface area (Å²) in [6, 6.07) is 9.69. The maximum absolute atomic E-state index is 12.0. The van der Waals surface area contributed by atoms with Gasteiger partial charge in [0.05, 0.1) is 5.56 Å². The Kier molecular flexibility index (Phi) is 4.80. The molecule has 1 aromatic heterocycles. The van der Waals surface area contributed by atoms with Gasteiger partial charge in [0.2, 0.25) is 0 Å². The summed E-state index contributed by atoms with van der Waals surface area (Å²) in [6.07, 6.45) is 0. The average molecular weight is 368 g/mol. The predicted molar refractivity (Wildman–Crippen MR) is 94.2 cm³/mol. The summed E-state index contributed by atoms with van der Waals surface area (Å²) >= 11 is 0. The van der Waals surface area contributed by atoms with Gasteiger partial charge in [-0.2, -0.15) is 0 Å². The lowest BCUT2D eigenvalue weighted by Crippen LogP contribution is -2.20. The van der Waals surface area contributed by atoms with E-state index in [0.717, 1.165) is 23.1 Å². The van der Waals surface area contributed by atoms with Gasteiger partial charge < -0.3 is 24.7 Å². The molecule has 2 N–H and O–H groups in total. The third-order valence-corrected chi connectivity index (χ3v) is 3.79. The van der Waals surface area contributed by atoms with Crippen molar-refractivity contribution in [2.24, 2.45) is 0 Å². The minimum absolute atomic E-state index is 0.167. The molecular weight excluding hydrogens is 354 g/mol. The monoisotopic (exact) mass is 368 g/mol. The first-order valence-electron chi connectivity index (χ1n) is 7.85. The quantitative estimate of drug-likeness (QED) is 0.658. The SMILES string of the molecule is Cc1cc(=O)oc2cc(OCC(=O)Nc3ccc([O-])c(C(=O)O)c3)ccc12. The van der Waals surface area contributed by atoms with Crippen molar-refractivity contribution in [2.45, 2.75) is 6.92 Å². The van der Waals surface area contributed by atoms with Gasteiger partial charge in [0.15, 0.2) is 6.61 Å². The molecular formula is C19H14NO7-. The van der Waals surface area contributed by atoms with E-state index in [0.29, 0.717) is 11.3 Å².